The standard InChI is InChI=1S/C20H20N2O2/c1-15-7-6-8-16(11-15)14-24-19-10-5-4-9-17(19)12-18(13-21)20(23)22(2)3/h4-12H,14H2,1-3H3/b18-12-. The lowest BCUT2D eigenvalue weighted by atomic mass is 10.1. The lowest BCUT2D eigenvalue weighted by Gasteiger charge is -2.11. The van der Waals surface area contributed by atoms with Crippen LogP contribution in [0.2, 0.25) is 0 Å². The quantitative estimate of drug-likeness (QED) is 0.625. The molecule has 2 rings (SSSR count). The summed E-state index contributed by atoms with van der Waals surface area (Å²) in [5.41, 5.74) is 3.02. The number of para-hydroxylation sites is 1. The van der Waals surface area contributed by atoms with Gasteiger partial charge in [0.05, 0.1) is 0 Å². The van der Waals surface area contributed by atoms with Gasteiger partial charge in [-0.1, -0.05) is 48.0 Å². The molecule has 0 radical (unpaired) electrons. The molecule has 2 aromatic rings. The number of aryl methyl sites for hydroxylation is 1. The summed E-state index contributed by atoms with van der Waals surface area (Å²) in [6.45, 7) is 2.46. The second-order valence-corrected chi connectivity index (χ2v) is 5.68. The SMILES string of the molecule is Cc1cccc(COc2ccccc2/C=C(/C#N)C(=O)N(C)C)c1. The molecule has 0 bridgehead atoms. The number of ether oxygens (including phenoxy) is 1. The number of hydrogen-bond donors (Lipinski definition) is 0. The van der Waals surface area contributed by atoms with Crippen LogP contribution >= 0.6 is 0 Å². The molecule has 0 saturated carbocycles. The molecule has 1 amide bonds. The van der Waals surface area contributed by atoms with Crippen LogP contribution in [0.25, 0.3) is 6.08 Å². The Bertz CT molecular complexity index is 801. The minimum absolute atomic E-state index is 0.0756. The van der Waals surface area contributed by atoms with E-state index in [0.29, 0.717) is 17.9 Å². The summed E-state index contributed by atoms with van der Waals surface area (Å²) < 4.78 is 5.88. The molecular weight excluding hydrogens is 300 g/mol. The highest BCUT2D eigenvalue weighted by atomic mass is 16.5. The summed E-state index contributed by atoms with van der Waals surface area (Å²) in [5.74, 6) is 0.310. The van der Waals surface area contributed by atoms with Crippen molar-refractivity contribution in [2.24, 2.45) is 0 Å². The van der Waals surface area contributed by atoms with Gasteiger partial charge < -0.3 is 9.64 Å². The van der Waals surface area contributed by atoms with Crippen LogP contribution in [-0.2, 0) is 11.4 Å². The fourth-order valence-corrected chi connectivity index (χ4v) is 2.23. The van der Waals surface area contributed by atoms with Gasteiger partial charge in [0.25, 0.3) is 5.91 Å². The molecule has 0 aliphatic carbocycles. The molecule has 0 aromatic heterocycles. The average molecular weight is 320 g/mol. The Hall–Kier alpha value is -3.06. The van der Waals surface area contributed by atoms with Crippen LogP contribution in [0.5, 0.6) is 5.75 Å². The first-order valence-electron chi connectivity index (χ1n) is 7.62. The van der Waals surface area contributed by atoms with Gasteiger partial charge in [0.1, 0.15) is 24.0 Å². The number of carbonyl (C=O) groups is 1. The fraction of sp³-hybridized carbons (Fsp3) is 0.200. The van der Waals surface area contributed by atoms with Crippen molar-refractivity contribution in [2.45, 2.75) is 13.5 Å². The average Bonchev–Trinajstić information content (AvgIpc) is 2.58. The Kier molecular flexibility index (Phi) is 5.75. The molecule has 2 aromatic carbocycles. The maximum atomic E-state index is 12.0. The van der Waals surface area contributed by atoms with Gasteiger partial charge in [-0.2, -0.15) is 5.26 Å². The topological polar surface area (TPSA) is 53.3 Å². The van der Waals surface area contributed by atoms with Crippen LogP contribution in [0.1, 0.15) is 16.7 Å². The third kappa shape index (κ3) is 4.47. The molecule has 0 spiro atoms. The third-order valence-corrected chi connectivity index (χ3v) is 3.45. The first-order chi connectivity index (χ1) is 11.5. The van der Waals surface area contributed by atoms with Crippen molar-refractivity contribution in [1.82, 2.24) is 4.90 Å². The van der Waals surface area contributed by atoms with E-state index < -0.39 is 0 Å². The number of nitriles is 1. The summed E-state index contributed by atoms with van der Waals surface area (Å²) in [7, 11) is 3.24. The Balaban J connectivity index is 2.24. The highest BCUT2D eigenvalue weighted by Crippen LogP contribution is 2.22. The minimum atomic E-state index is -0.328. The predicted molar refractivity (Wildman–Crippen MR) is 94.2 cm³/mol. The Morgan fingerprint density at radius 3 is 2.62 bits per heavy atom. The largest absolute Gasteiger partial charge is 0.488 e. The van der Waals surface area contributed by atoms with Crippen molar-refractivity contribution in [3.63, 3.8) is 0 Å². The predicted octanol–water partition coefficient (Wildman–Crippen LogP) is 3.57. The molecule has 0 saturated heterocycles. The molecule has 0 N–H and O–H groups in total. The first-order valence-corrected chi connectivity index (χ1v) is 7.62. The zero-order valence-electron chi connectivity index (χ0n) is 14.1. The van der Waals surface area contributed by atoms with Crippen molar-refractivity contribution >= 4 is 12.0 Å². The monoisotopic (exact) mass is 320 g/mol. The maximum absolute atomic E-state index is 12.0. The Morgan fingerprint density at radius 1 is 1.21 bits per heavy atom. The molecule has 0 atom stereocenters. The summed E-state index contributed by atoms with van der Waals surface area (Å²) in [4.78, 5) is 13.4. The third-order valence-electron chi connectivity index (χ3n) is 3.45. The zero-order chi connectivity index (χ0) is 17.5. The number of amides is 1. The van der Waals surface area contributed by atoms with E-state index in [2.05, 4.69) is 6.07 Å². The second-order valence-electron chi connectivity index (χ2n) is 5.68. The van der Waals surface area contributed by atoms with Gasteiger partial charge in [-0.15, -0.1) is 0 Å². The van der Waals surface area contributed by atoms with Crippen LogP contribution in [0.15, 0.2) is 54.1 Å². The molecule has 0 unspecified atom stereocenters. The van der Waals surface area contributed by atoms with E-state index in [-0.39, 0.29) is 11.5 Å². The number of nitrogens with zero attached hydrogens (tertiary/aromatic N) is 2. The van der Waals surface area contributed by atoms with Crippen molar-refractivity contribution in [3.05, 3.63) is 70.8 Å². The molecule has 0 heterocycles. The van der Waals surface area contributed by atoms with E-state index in [1.54, 1.807) is 20.2 Å². The fourth-order valence-electron chi connectivity index (χ4n) is 2.23. The molecule has 0 aliphatic heterocycles. The van der Waals surface area contributed by atoms with E-state index in [4.69, 9.17) is 4.74 Å². The zero-order valence-corrected chi connectivity index (χ0v) is 14.1. The normalized spacial score (nSPS) is 10.8. The molecule has 0 fully saturated rings. The highest BCUT2D eigenvalue weighted by Gasteiger charge is 2.12. The molecular formula is C20H20N2O2. The summed E-state index contributed by atoms with van der Waals surface area (Å²) in [5, 5.41) is 9.23. The van der Waals surface area contributed by atoms with Crippen molar-refractivity contribution in [3.8, 4) is 11.8 Å². The van der Waals surface area contributed by atoms with Gasteiger partial charge in [-0.25, -0.2) is 0 Å². The number of rotatable bonds is 5. The van der Waals surface area contributed by atoms with Crippen LogP contribution in [0.3, 0.4) is 0 Å². The summed E-state index contributed by atoms with van der Waals surface area (Å²) in [6, 6.07) is 17.4. The summed E-state index contributed by atoms with van der Waals surface area (Å²) in [6.07, 6.45) is 1.56. The maximum Gasteiger partial charge on any atom is 0.264 e. The van der Waals surface area contributed by atoms with Crippen LogP contribution in [0.4, 0.5) is 0 Å². The first kappa shape index (κ1) is 17.3. The molecule has 0 aliphatic rings. The van der Waals surface area contributed by atoms with E-state index in [1.807, 2.05) is 55.5 Å². The van der Waals surface area contributed by atoms with E-state index in [9.17, 15) is 10.1 Å². The molecule has 122 valence electrons. The van der Waals surface area contributed by atoms with E-state index in [0.717, 1.165) is 5.56 Å². The van der Waals surface area contributed by atoms with Gasteiger partial charge in [0.15, 0.2) is 0 Å². The van der Waals surface area contributed by atoms with Crippen LogP contribution in [-0.4, -0.2) is 24.9 Å². The highest BCUT2D eigenvalue weighted by molar-refractivity contribution is 6.01. The van der Waals surface area contributed by atoms with Gasteiger partial charge in [-0.3, -0.25) is 4.79 Å². The van der Waals surface area contributed by atoms with Crippen LogP contribution in [0, 0.1) is 18.3 Å². The smallest absolute Gasteiger partial charge is 0.264 e. The number of hydrogen-bond acceptors (Lipinski definition) is 3. The Labute approximate surface area is 142 Å². The second kappa shape index (κ2) is 7.98. The van der Waals surface area contributed by atoms with E-state index in [1.165, 1.54) is 10.5 Å². The van der Waals surface area contributed by atoms with Crippen molar-refractivity contribution in [1.29, 1.82) is 5.26 Å². The van der Waals surface area contributed by atoms with Crippen molar-refractivity contribution in [2.75, 3.05) is 14.1 Å². The van der Waals surface area contributed by atoms with E-state index >= 15 is 0 Å². The van der Waals surface area contributed by atoms with Crippen LogP contribution < -0.4 is 4.74 Å². The lowest BCUT2D eigenvalue weighted by molar-refractivity contribution is -0.124. The molecule has 4 heteroatoms. The lowest BCUT2D eigenvalue weighted by Crippen LogP contribution is -2.22. The number of benzene rings is 2. The van der Waals surface area contributed by atoms with Gasteiger partial charge >= 0.3 is 0 Å². The summed E-state index contributed by atoms with van der Waals surface area (Å²) >= 11 is 0. The van der Waals surface area contributed by atoms with Crippen molar-refractivity contribution < 1.29 is 9.53 Å². The molecule has 24 heavy (non-hydrogen) atoms. The van der Waals surface area contributed by atoms with Gasteiger partial charge in [0.2, 0.25) is 0 Å². The van der Waals surface area contributed by atoms with Gasteiger partial charge in [-0.05, 0) is 24.6 Å². The number of carbonyl (C=O) groups excluding carboxylic acids is 1. The van der Waals surface area contributed by atoms with Gasteiger partial charge in [0, 0.05) is 19.7 Å². The molecule has 4 nitrogen and oxygen atoms in total. The number of likely N-dealkylation sites (N-methyl/N-ethyl adjacent to an activating group) is 1. The minimum Gasteiger partial charge on any atom is -0.488 e. The Morgan fingerprint density at radius 2 is 1.96 bits per heavy atom.